The Labute approximate surface area is 100 Å². The fraction of sp³-hybridized carbons (Fsp3) is 0.727. The molecule has 0 bridgehead atoms. The van der Waals surface area contributed by atoms with E-state index in [0.29, 0.717) is 12.1 Å². The van der Waals surface area contributed by atoms with E-state index in [0.717, 1.165) is 11.0 Å². The van der Waals surface area contributed by atoms with E-state index in [2.05, 4.69) is 47.1 Å². The van der Waals surface area contributed by atoms with Crippen LogP contribution in [0.25, 0.3) is 0 Å². The zero-order valence-electron chi connectivity index (χ0n) is 9.70. The Balaban J connectivity index is 2.33. The Morgan fingerprint density at radius 1 is 1.53 bits per heavy atom. The molecule has 0 saturated carbocycles. The third-order valence-corrected chi connectivity index (χ3v) is 2.91. The maximum absolute atomic E-state index is 4.27. The molecular formula is C11H20BrN3. The third-order valence-electron chi connectivity index (χ3n) is 2.51. The van der Waals surface area contributed by atoms with Crippen LogP contribution in [-0.4, -0.2) is 22.4 Å². The van der Waals surface area contributed by atoms with E-state index in [-0.39, 0.29) is 0 Å². The Bertz CT molecular complexity index is 285. The van der Waals surface area contributed by atoms with E-state index in [1.165, 1.54) is 12.8 Å². The topological polar surface area (TPSA) is 29.9 Å². The number of hydrogen-bond donors (Lipinski definition) is 1. The van der Waals surface area contributed by atoms with Gasteiger partial charge in [0.05, 0.1) is 16.7 Å². The molecule has 0 amide bonds. The van der Waals surface area contributed by atoms with Gasteiger partial charge in [0.15, 0.2) is 0 Å². The lowest BCUT2D eigenvalue weighted by Crippen LogP contribution is -2.31. The third kappa shape index (κ3) is 4.34. The van der Waals surface area contributed by atoms with Crippen molar-refractivity contribution in [1.82, 2.24) is 15.1 Å². The van der Waals surface area contributed by atoms with Crippen LogP contribution < -0.4 is 5.32 Å². The van der Waals surface area contributed by atoms with Crippen LogP contribution in [0.5, 0.6) is 0 Å². The van der Waals surface area contributed by atoms with Crippen molar-refractivity contribution in [3.8, 4) is 0 Å². The first-order chi connectivity index (χ1) is 7.13. The average molecular weight is 274 g/mol. The molecule has 0 saturated heterocycles. The Hall–Kier alpha value is -0.350. The molecule has 0 radical (unpaired) electrons. The number of nitrogens with zero attached hydrogens (tertiary/aromatic N) is 2. The SMILES string of the molecule is CCCC(C)NCC(C)n1cc(Br)cn1. The van der Waals surface area contributed by atoms with Gasteiger partial charge in [-0.05, 0) is 36.2 Å². The van der Waals surface area contributed by atoms with Gasteiger partial charge in [-0.15, -0.1) is 0 Å². The summed E-state index contributed by atoms with van der Waals surface area (Å²) >= 11 is 3.40. The van der Waals surface area contributed by atoms with E-state index >= 15 is 0 Å². The minimum atomic E-state index is 0.399. The highest BCUT2D eigenvalue weighted by molar-refractivity contribution is 9.10. The fourth-order valence-electron chi connectivity index (χ4n) is 1.56. The predicted molar refractivity (Wildman–Crippen MR) is 67.0 cm³/mol. The molecule has 15 heavy (non-hydrogen) atoms. The van der Waals surface area contributed by atoms with Gasteiger partial charge in [0.2, 0.25) is 0 Å². The van der Waals surface area contributed by atoms with Gasteiger partial charge in [0.1, 0.15) is 0 Å². The van der Waals surface area contributed by atoms with Crippen molar-refractivity contribution in [2.45, 2.75) is 45.7 Å². The summed E-state index contributed by atoms with van der Waals surface area (Å²) in [5.74, 6) is 0. The van der Waals surface area contributed by atoms with Crippen LogP contribution in [0.4, 0.5) is 0 Å². The lowest BCUT2D eigenvalue weighted by Gasteiger charge is -2.17. The molecule has 2 unspecified atom stereocenters. The Morgan fingerprint density at radius 3 is 2.80 bits per heavy atom. The molecule has 2 atom stereocenters. The minimum Gasteiger partial charge on any atom is -0.312 e. The molecular weight excluding hydrogens is 254 g/mol. The van der Waals surface area contributed by atoms with Crippen molar-refractivity contribution in [3.63, 3.8) is 0 Å². The minimum absolute atomic E-state index is 0.399. The van der Waals surface area contributed by atoms with Crippen molar-refractivity contribution >= 4 is 15.9 Å². The zero-order valence-corrected chi connectivity index (χ0v) is 11.3. The summed E-state index contributed by atoms with van der Waals surface area (Å²) in [5.41, 5.74) is 0. The van der Waals surface area contributed by atoms with Crippen LogP contribution in [0.3, 0.4) is 0 Å². The maximum Gasteiger partial charge on any atom is 0.0632 e. The number of nitrogens with one attached hydrogen (secondary N) is 1. The largest absolute Gasteiger partial charge is 0.312 e. The van der Waals surface area contributed by atoms with Crippen molar-refractivity contribution in [2.75, 3.05) is 6.54 Å². The van der Waals surface area contributed by atoms with Gasteiger partial charge in [0, 0.05) is 18.8 Å². The lowest BCUT2D eigenvalue weighted by atomic mass is 10.2. The van der Waals surface area contributed by atoms with Gasteiger partial charge >= 0.3 is 0 Å². The summed E-state index contributed by atoms with van der Waals surface area (Å²) in [6, 6.07) is 0.993. The molecule has 86 valence electrons. The first-order valence-electron chi connectivity index (χ1n) is 5.56. The predicted octanol–water partition coefficient (Wildman–Crippen LogP) is 2.98. The summed E-state index contributed by atoms with van der Waals surface area (Å²) in [4.78, 5) is 0. The average Bonchev–Trinajstić information content (AvgIpc) is 2.62. The van der Waals surface area contributed by atoms with Crippen LogP contribution in [-0.2, 0) is 0 Å². The second-order valence-corrected chi connectivity index (χ2v) is 5.00. The summed E-state index contributed by atoms with van der Waals surface area (Å²) in [6.45, 7) is 7.59. The van der Waals surface area contributed by atoms with Crippen LogP contribution in [0.1, 0.15) is 39.7 Å². The molecule has 1 aromatic rings. The van der Waals surface area contributed by atoms with Gasteiger partial charge in [-0.3, -0.25) is 4.68 Å². The quantitative estimate of drug-likeness (QED) is 0.864. The highest BCUT2D eigenvalue weighted by Crippen LogP contribution is 2.11. The van der Waals surface area contributed by atoms with Crippen molar-refractivity contribution in [2.24, 2.45) is 0 Å². The lowest BCUT2D eigenvalue weighted by molar-refractivity contribution is 0.412. The number of rotatable bonds is 6. The second-order valence-electron chi connectivity index (χ2n) is 4.09. The molecule has 0 fully saturated rings. The molecule has 0 aliphatic carbocycles. The summed E-state index contributed by atoms with van der Waals surface area (Å²) in [7, 11) is 0. The molecule has 0 aliphatic rings. The van der Waals surface area contributed by atoms with Gasteiger partial charge in [-0.25, -0.2) is 0 Å². The summed E-state index contributed by atoms with van der Waals surface area (Å²) < 4.78 is 3.02. The van der Waals surface area contributed by atoms with E-state index in [9.17, 15) is 0 Å². The highest BCUT2D eigenvalue weighted by atomic mass is 79.9. The number of hydrogen-bond acceptors (Lipinski definition) is 2. The maximum atomic E-state index is 4.27. The molecule has 1 aromatic heterocycles. The van der Waals surface area contributed by atoms with E-state index < -0.39 is 0 Å². The van der Waals surface area contributed by atoms with Crippen LogP contribution in [0, 0.1) is 0 Å². The number of aromatic nitrogens is 2. The first-order valence-corrected chi connectivity index (χ1v) is 6.35. The zero-order chi connectivity index (χ0) is 11.3. The molecule has 4 heteroatoms. The molecule has 3 nitrogen and oxygen atoms in total. The normalized spacial score (nSPS) is 15.2. The molecule has 0 aliphatic heterocycles. The summed E-state index contributed by atoms with van der Waals surface area (Å²) in [6.07, 6.45) is 6.30. The second kappa shape index (κ2) is 6.28. The van der Waals surface area contributed by atoms with Crippen LogP contribution in [0.2, 0.25) is 0 Å². The van der Waals surface area contributed by atoms with Crippen molar-refractivity contribution in [1.29, 1.82) is 0 Å². The standard InChI is InChI=1S/C11H20BrN3/c1-4-5-9(2)13-6-10(3)15-8-11(12)7-14-15/h7-10,13H,4-6H2,1-3H3. The van der Waals surface area contributed by atoms with Gasteiger partial charge in [-0.2, -0.15) is 5.10 Å². The monoisotopic (exact) mass is 273 g/mol. The van der Waals surface area contributed by atoms with E-state index in [1.807, 2.05) is 17.1 Å². The smallest absolute Gasteiger partial charge is 0.0632 e. The molecule has 1 heterocycles. The molecule has 1 N–H and O–H groups in total. The van der Waals surface area contributed by atoms with Crippen LogP contribution in [0.15, 0.2) is 16.9 Å². The molecule has 0 spiro atoms. The molecule has 1 rings (SSSR count). The fourth-order valence-corrected chi connectivity index (χ4v) is 1.86. The van der Waals surface area contributed by atoms with Crippen molar-refractivity contribution < 1.29 is 0 Å². The van der Waals surface area contributed by atoms with Crippen molar-refractivity contribution in [3.05, 3.63) is 16.9 Å². The van der Waals surface area contributed by atoms with E-state index in [4.69, 9.17) is 0 Å². The highest BCUT2D eigenvalue weighted by Gasteiger charge is 2.07. The Kier molecular flexibility index (Phi) is 5.32. The number of halogens is 1. The van der Waals surface area contributed by atoms with Gasteiger partial charge < -0.3 is 5.32 Å². The van der Waals surface area contributed by atoms with Gasteiger partial charge in [0.25, 0.3) is 0 Å². The van der Waals surface area contributed by atoms with E-state index in [1.54, 1.807) is 0 Å². The first kappa shape index (κ1) is 12.7. The molecule has 0 aromatic carbocycles. The van der Waals surface area contributed by atoms with Crippen LogP contribution >= 0.6 is 15.9 Å². The van der Waals surface area contributed by atoms with Gasteiger partial charge in [-0.1, -0.05) is 13.3 Å². The Morgan fingerprint density at radius 2 is 2.27 bits per heavy atom. The summed E-state index contributed by atoms with van der Waals surface area (Å²) in [5, 5.41) is 7.78.